The van der Waals surface area contributed by atoms with Gasteiger partial charge in [-0.2, -0.15) is 0 Å². The number of aryl methyl sites for hydroxylation is 1. The molecule has 0 aliphatic heterocycles. The highest BCUT2D eigenvalue weighted by Crippen LogP contribution is 2.13. The zero-order valence-corrected chi connectivity index (χ0v) is 15.0. The quantitative estimate of drug-likeness (QED) is 0.726. The monoisotopic (exact) mass is 365 g/mol. The molecule has 0 spiro atoms. The standard InChI is InChI=1S/C20H19N3O4/c1-23-12-18(27-13-14-6-4-3-5-7-14)17(24)10-16(23)20(25)22-15-8-9-19(26-2)21-11-15/h3-12H,13H2,1-2H3,(H,22,25). The summed E-state index contributed by atoms with van der Waals surface area (Å²) in [6.07, 6.45) is 2.98. The van der Waals surface area contributed by atoms with Gasteiger partial charge in [-0.15, -0.1) is 0 Å². The summed E-state index contributed by atoms with van der Waals surface area (Å²) in [7, 11) is 3.19. The van der Waals surface area contributed by atoms with E-state index in [0.717, 1.165) is 5.56 Å². The molecule has 1 N–H and O–H groups in total. The van der Waals surface area contributed by atoms with Crippen LogP contribution < -0.4 is 20.2 Å². The fraction of sp³-hybridized carbons (Fsp3) is 0.150. The van der Waals surface area contributed by atoms with Crippen molar-refractivity contribution in [3.63, 3.8) is 0 Å². The predicted molar refractivity (Wildman–Crippen MR) is 101 cm³/mol. The van der Waals surface area contributed by atoms with Crippen molar-refractivity contribution < 1.29 is 14.3 Å². The summed E-state index contributed by atoms with van der Waals surface area (Å²) in [5, 5.41) is 2.70. The maximum absolute atomic E-state index is 12.5. The van der Waals surface area contributed by atoms with E-state index < -0.39 is 5.91 Å². The van der Waals surface area contributed by atoms with E-state index in [0.29, 0.717) is 11.6 Å². The second-order valence-corrected chi connectivity index (χ2v) is 5.82. The molecular weight excluding hydrogens is 346 g/mol. The number of amides is 1. The summed E-state index contributed by atoms with van der Waals surface area (Å²) in [5.41, 5.74) is 1.30. The van der Waals surface area contributed by atoms with Crippen molar-refractivity contribution >= 4 is 11.6 Å². The molecule has 2 heterocycles. The van der Waals surface area contributed by atoms with Gasteiger partial charge in [0.05, 0.1) is 25.2 Å². The lowest BCUT2D eigenvalue weighted by Crippen LogP contribution is -2.21. The van der Waals surface area contributed by atoms with Gasteiger partial charge < -0.3 is 19.4 Å². The SMILES string of the molecule is COc1ccc(NC(=O)c2cc(=O)c(OCc3ccccc3)cn2C)cn1. The van der Waals surface area contributed by atoms with Gasteiger partial charge in [0.1, 0.15) is 12.3 Å². The van der Waals surface area contributed by atoms with Crippen LogP contribution in [0.2, 0.25) is 0 Å². The minimum absolute atomic E-state index is 0.184. The van der Waals surface area contributed by atoms with Gasteiger partial charge in [0.2, 0.25) is 11.3 Å². The summed E-state index contributed by atoms with van der Waals surface area (Å²) < 4.78 is 12.1. The first-order valence-electron chi connectivity index (χ1n) is 8.25. The second-order valence-electron chi connectivity index (χ2n) is 5.82. The van der Waals surface area contributed by atoms with Crippen LogP contribution >= 0.6 is 0 Å². The lowest BCUT2D eigenvalue weighted by atomic mass is 10.2. The highest BCUT2D eigenvalue weighted by Gasteiger charge is 2.13. The van der Waals surface area contributed by atoms with Gasteiger partial charge in [0.15, 0.2) is 5.75 Å². The molecule has 3 rings (SSSR count). The number of carbonyl (C=O) groups excluding carboxylic acids is 1. The highest BCUT2D eigenvalue weighted by molar-refractivity contribution is 6.03. The number of pyridine rings is 2. The molecule has 0 unspecified atom stereocenters. The molecule has 3 aromatic rings. The normalized spacial score (nSPS) is 10.3. The fourth-order valence-electron chi connectivity index (χ4n) is 2.45. The third-order valence-electron chi connectivity index (χ3n) is 3.87. The van der Waals surface area contributed by atoms with Gasteiger partial charge in [0, 0.05) is 19.2 Å². The Labute approximate surface area is 156 Å². The Morgan fingerprint density at radius 3 is 2.63 bits per heavy atom. The molecule has 0 saturated heterocycles. The molecule has 0 atom stereocenters. The Bertz CT molecular complexity index is 982. The number of anilines is 1. The third kappa shape index (κ3) is 4.52. The van der Waals surface area contributed by atoms with E-state index in [1.165, 1.54) is 25.6 Å². The Hall–Kier alpha value is -3.61. The van der Waals surface area contributed by atoms with E-state index in [1.807, 2.05) is 30.3 Å². The number of nitrogens with one attached hydrogen (secondary N) is 1. The van der Waals surface area contributed by atoms with Crippen LogP contribution in [0.4, 0.5) is 5.69 Å². The van der Waals surface area contributed by atoms with Gasteiger partial charge in [-0.25, -0.2) is 4.98 Å². The van der Waals surface area contributed by atoms with Crippen LogP contribution in [-0.4, -0.2) is 22.6 Å². The second kappa shape index (κ2) is 8.18. The smallest absolute Gasteiger partial charge is 0.272 e. The summed E-state index contributed by atoms with van der Waals surface area (Å²) in [4.78, 5) is 28.8. The fourth-order valence-corrected chi connectivity index (χ4v) is 2.45. The summed E-state index contributed by atoms with van der Waals surface area (Å²) in [6.45, 7) is 0.277. The number of benzene rings is 1. The Morgan fingerprint density at radius 2 is 1.96 bits per heavy atom. The maximum atomic E-state index is 12.5. The average molecular weight is 365 g/mol. The highest BCUT2D eigenvalue weighted by atomic mass is 16.5. The van der Waals surface area contributed by atoms with Crippen molar-refractivity contribution in [3.05, 3.63) is 82.4 Å². The number of aromatic nitrogens is 2. The van der Waals surface area contributed by atoms with Crippen molar-refractivity contribution in [2.45, 2.75) is 6.61 Å². The first-order valence-corrected chi connectivity index (χ1v) is 8.25. The van der Waals surface area contributed by atoms with Crippen molar-refractivity contribution in [3.8, 4) is 11.6 Å². The molecule has 138 valence electrons. The summed E-state index contributed by atoms with van der Waals surface area (Å²) in [6, 6.07) is 14.1. The third-order valence-corrected chi connectivity index (χ3v) is 3.87. The van der Waals surface area contributed by atoms with E-state index in [1.54, 1.807) is 23.7 Å². The molecular formula is C20H19N3O4. The molecule has 7 nitrogen and oxygen atoms in total. The van der Waals surface area contributed by atoms with Crippen molar-refractivity contribution in [1.29, 1.82) is 0 Å². The number of carbonyl (C=O) groups is 1. The van der Waals surface area contributed by atoms with Crippen molar-refractivity contribution in [2.75, 3.05) is 12.4 Å². The summed E-state index contributed by atoms with van der Waals surface area (Å²) in [5.74, 6) is 0.209. The molecule has 1 aromatic carbocycles. The van der Waals surface area contributed by atoms with Crippen LogP contribution in [0.15, 0.2) is 65.7 Å². The molecule has 0 aliphatic carbocycles. The van der Waals surface area contributed by atoms with Crippen molar-refractivity contribution in [1.82, 2.24) is 9.55 Å². The van der Waals surface area contributed by atoms with Crippen LogP contribution in [0.1, 0.15) is 16.1 Å². The van der Waals surface area contributed by atoms with Crippen LogP contribution in [0.25, 0.3) is 0 Å². The molecule has 0 saturated carbocycles. The molecule has 0 fully saturated rings. The van der Waals surface area contributed by atoms with Crippen molar-refractivity contribution in [2.24, 2.45) is 7.05 Å². The number of nitrogens with zero attached hydrogens (tertiary/aromatic N) is 2. The van der Waals surface area contributed by atoms with E-state index in [4.69, 9.17) is 9.47 Å². The van der Waals surface area contributed by atoms with Gasteiger partial charge in [-0.1, -0.05) is 30.3 Å². The van der Waals surface area contributed by atoms with E-state index in [2.05, 4.69) is 10.3 Å². The van der Waals surface area contributed by atoms with E-state index >= 15 is 0 Å². The number of rotatable bonds is 6. The lowest BCUT2D eigenvalue weighted by Gasteiger charge is -2.12. The largest absolute Gasteiger partial charge is 0.483 e. The molecule has 1 amide bonds. The maximum Gasteiger partial charge on any atom is 0.272 e. The van der Waals surface area contributed by atoms with E-state index in [-0.39, 0.29) is 23.5 Å². The zero-order chi connectivity index (χ0) is 19.2. The van der Waals surface area contributed by atoms with Crippen LogP contribution in [0.3, 0.4) is 0 Å². The minimum Gasteiger partial charge on any atom is -0.483 e. The number of methoxy groups -OCH3 is 1. The number of hydrogen-bond acceptors (Lipinski definition) is 5. The molecule has 7 heteroatoms. The van der Waals surface area contributed by atoms with Gasteiger partial charge in [-0.05, 0) is 11.6 Å². The summed E-state index contributed by atoms with van der Waals surface area (Å²) >= 11 is 0. The van der Waals surface area contributed by atoms with Crippen LogP contribution in [0.5, 0.6) is 11.6 Å². The Morgan fingerprint density at radius 1 is 1.19 bits per heavy atom. The Balaban J connectivity index is 1.73. The van der Waals surface area contributed by atoms with Crippen LogP contribution in [0, 0.1) is 0 Å². The molecule has 27 heavy (non-hydrogen) atoms. The van der Waals surface area contributed by atoms with Gasteiger partial charge >= 0.3 is 0 Å². The van der Waals surface area contributed by atoms with E-state index in [9.17, 15) is 9.59 Å². The molecule has 0 radical (unpaired) electrons. The molecule has 2 aromatic heterocycles. The minimum atomic E-state index is -0.420. The molecule has 0 bridgehead atoms. The van der Waals surface area contributed by atoms with Gasteiger partial charge in [0.25, 0.3) is 5.91 Å². The first-order chi connectivity index (χ1) is 13.1. The predicted octanol–water partition coefficient (Wildman–Crippen LogP) is 2.62. The topological polar surface area (TPSA) is 82.5 Å². The Kier molecular flexibility index (Phi) is 5.51. The van der Waals surface area contributed by atoms with Gasteiger partial charge in [-0.3, -0.25) is 9.59 Å². The molecule has 0 aliphatic rings. The van der Waals surface area contributed by atoms with Crippen LogP contribution in [-0.2, 0) is 13.7 Å². The number of ether oxygens (including phenoxy) is 2. The zero-order valence-electron chi connectivity index (χ0n) is 15.0. The first kappa shape index (κ1) is 18.2. The lowest BCUT2D eigenvalue weighted by molar-refractivity contribution is 0.101. The average Bonchev–Trinajstić information content (AvgIpc) is 2.69. The number of hydrogen-bond donors (Lipinski definition) is 1.